The number of nitrogens with zero attached hydrogens (tertiary/aromatic N) is 1. The van der Waals surface area contributed by atoms with Gasteiger partial charge in [0.2, 0.25) is 0 Å². The van der Waals surface area contributed by atoms with Gasteiger partial charge in [0, 0.05) is 0 Å². The van der Waals surface area contributed by atoms with E-state index < -0.39 is 11.5 Å². The predicted molar refractivity (Wildman–Crippen MR) is 60.9 cm³/mol. The summed E-state index contributed by atoms with van der Waals surface area (Å²) in [7, 11) is 0. The number of aliphatic carboxylic acids is 1. The Morgan fingerprint density at radius 2 is 1.93 bits per heavy atom. The molecule has 0 aromatic heterocycles. The molecule has 88 valence electrons. The van der Waals surface area contributed by atoms with Gasteiger partial charge in [-0.05, 0) is 51.6 Å². The number of carboxylic acid groups (broad SMARTS) is 1. The maximum absolute atomic E-state index is 11.4. The van der Waals surface area contributed by atoms with Crippen LogP contribution in [-0.2, 0) is 4.79 Å². The van der Waals surface area contributed by atoms with Crippen molar-refractivity contribution in [2.24, 2.45) is 5.92 Å². The van der Waals surface area contributed by atoms with Crippen LogP contribution in [0.1, 0.15) is 46.5 Å². The molecule has 0 amide bonds. The summed E-state index contributed by atoms with van der Waals surface area (Å²) >= 11 is 0. The van der Waals surface area contributed by atoms with Gasteiger partial charge in [0.05, 0.1) is 0 Å². The molecule has 0 saturated carbocycles. The second kappa shape index (κ2) is 4.97. The maximum Gasteiger partial charge on any atom is 0.323 e. The molecule has 1 saturated heterocycles. The third-order valence-electron chi connectivity index (χ3n) is 3.47. The fraction of sp³-hybridized carbons (Fsp3) is 0.917. The number of carboxylic acids is 1. The zero-order chi connectivity index (χ0) is 11.5. The summed E-state index contributed by atoms with van der Waals surface area (Å²) in [6.45, 7) is 8.06. The fourth-order valence-corrected chi connectivity index (χ4v) is 2.18. The van der Waals surface area contributed by atoms with Crippen LogP contribution in [0, 0.1) is 5.92 Å². The molecule has 0 spiro atoms. The maximum atomic E-state index is 11.4. The van der Waals surface area contributed by atoms with Gasteiger partial charge < -0.3 is 5.11 Å². The van der Waals surface area contributed by atoms with Crippen molar-refractivity contribution in [2.75, 3.05) is 13.1 Å². The van der Waals surface area contributed by atoms with Gasteiger partial charge in [0.15, 0.2) is 0 Å². The summed E-state index contributed by atoms with van der Waals surface area (Å²) in [5.74, 6) is -0.0867. The molecule has 1 heterocycles. The SMILES string of the molecule is CC(C)CCC(C)(C(=O)O)N1CCCC1. The molecular weight excluding hydrogens is 190 g/mol. The van der Waals surface area contributed by atoms with E-state index >= 15 is 0 Å². The average molecular weight is 213 g/mol. The van der Waals surface area contributed by atoms with Crippen molar-refractivity contribution in [3.05, 3.63) is 0 Å². The lowest BCUT2D eigenvalue weighted by Crippen LogP contribution is -2.51. The van der Waals surface area contributed by atoms with Crippen molar-refractivity contribution in [2.45, 2.75) is 52.0 Å². The molecule has 1 aliphatic heterocycles. The fourth-order valence-electron chi connectivity index (χ4n) is 2.18. The first kappa shape index (κ1) is 12.5. The minimum Gasteiger partial charge on any atom is -0.480 e. The van der Waals surface area contributed by atoms with Gasteiger partial charge in [-0.1, -0.05) is 13.8 Å². The van der Waals surface area contributed by atoms with E-state index in [4.69, 9.17) is 0 Å². The molecule has 1 atom stereocenters. The van der Waals surface area contributed by atoms with E-state index in [1.807, 2.05) is 6.92 Å². The Labute approximate surface area is 92.5 Å². The Morgan fingerprint density at radius 3 is 2.33 bits per heavy atom. The summed E-state index contributed by atoms with van der Waals surface area (Å²) in [5.41, 5.74) is -0.638. The highest BCUT2D eigenvalue weighted by Gasteiger charge is 2.40. The summed E-state index contributed by atoms with van der Waals surface area (Å²) in [6, 6.07) is 0. The lowest BCUT2D eigenvalue weighted by molar-refractivity contribution is -0.150. The minimum atomic E-state index is -0.662. The molecule has 0 radical (unpaired) electrons. The minimum absolute atomic E-state index is 0.575. The van der Waals surface area contributed by atoms with E-state index in [2.05, 4.69) is 18.7 Å². The first-order valence-corrected chi connectivity index (χ1v) is 5.95. The van der Waals surface area contributed by atoms with Gasteiger partial charge in [0.1, 0.15) is 5.54 Å². The number of hydrogen-bond donors (Lipinski definition) is 1. The van der Waals surface area contributed by atoms with Crippen LogP contribution in [0.3, 0.4) is 0 Å². The van der Waals surface area contributed by atoms with Gasteiger partial charge in [-0.3, -0.25) is 9.69 Å². The standard InChI is InChI=1S/C12H23NO2/c1-10(2)6-7-12(3,11(14)15)13-8-4-5-9-13/h10H,4-9H2,1-3H3,(H,14,15). The van der Waals surface area contributed by atoms with Crippen LogP contribution in [0.2, 0.25) is 0 Å². The molecule has 3 nitrogen and oxygen atoms in total. The van der Waals surface area contributed by atoms with Crippen LogP contribution in [0.4, 0.5) is 0 Å². The zero-order valence-electron chi connectivity index (χ0n) is 10.1. The van der Waals surface area contributed by atoms with E-state index in [1.54, 1.807) is 0 Å². The van der Waals surface area contributed by atoms with Crippen LogP contribution < -0.4 is 0 Å². The van der Waals surface area contributed by atoms with E-state index in [9.17, 15) is 9.90 Å². The molecule has 1 aliphatic rings. The van der Waals surface area contributed by atoms with Gasteiger partial charge in [0.25, 0.3) is 0 Å². The van der Waals surface area contributed by atoms with Crippen molar-refractivity contribution in [1.29, 1.82) is 0 Å². The lowest BCUT2D eigenvalue weighted by atomic mass is 9.90. The van der Waals surface area contributed by atoms with Crippen molar-refractivity contribution in [1.82, 2.24) is 4.90 Å². The van der Waals surface area contributed by atoms with Crippen LogP contribution >= 0.6 is 0 Å². The highest BCUT2D eigenvalue weighted by molar-refractivity contribution is 5.78. The molecule has 1 fully saturated rings. The zero-order valence-corrected chi connectivity index (χ0v) is 10.1. The number of rotatable bonds is 5. The van der Waals surface area contributed by atoms with Crippen molar-refractivity contribution >= 4 is 5.97 Å². The molecule has 0 aromatic rings. The highest BCUT2D eigenvalue weighted by Crippen LogP contribution is 2.27. The highest BCUT2D eigenvalue weighted by atomic mass is 16.4. The molecule has 0 aliphatic carbocycles. The quantitative estimate of drug-likeness (QED) is 0.762. The Balaban J connectivity index is 2.64. The van der Waals surface area contributed by atoms with Gasteiger partial charge in [-0.25, -0.2) is 0 Å². The molecular formula is C12H23NO2. The van der Waals surface area contributed by atoms with Crippen molar-refractivity contribution in [3.8, 4) is 0 Å². The number of carbonyl (C=O) groups is 1. The van der Waals surface area contributed by atoms with Crippen LogP contribution in [0.5, 0.6) is 0 Å². The molecule has 1 rings (SSSR count). The van der Waals surface area contributed by atoms with Crippen molar-refractivity contribution < 1.29 is 9.90 Å². The summed E-state index contributed by atoms with van der Waals surface area (Å²) in [6.07, 6.45) is 4.04. The molecule has 1 unspecified atom stereocenters. The van der Waals surface area contributed by atoms with E-state index in [0.717, 1.165) is 38.8 Å². The topological polar surface area (TPSA) is 40.5 Å². The lowest BCUT2D eigenvalue weighted by Gasteiger charge is -2.35. The van der Waals surface area contributed by atoms with E-state index in [0.29, 0.717) is 5.92 Å². The molecule has 1 N–H and O–H groups in total. The largest absolute Gasteiger partial charge is 0.480 e. The second-order valence-electron chi connectivity index (χ2n) is 5.21. The second-order valence-corrected chi connectivity index (χ2v) is 5.21. The Morgan fingerprint density at radius 1 is 1.40 bits per heavy atom. The predicted octanol–water partition coefficient (Wildman–Crippen LogP) is 2.36. The van der Waals surface area contributed by atoms with E-state index in [-0.39, 0.29) is 0 Å². The molecule has 3 heteroatoms. The molecule has 15 heavy (non-hydrogen) atoms. The van der Waals surface area contributed by atoms with Gasteiger partial charge >= 0.3 is 5.97 Å². The smallest absolute Gasteiger partial charge is 0.323 e. The first-order chi connectivity index (χ1) is 6.97. The summed E-state index contributed by atoms with van der Waals surface area (Å²) < 4.78 is 0. The van der Waals surface area contributed by atoms with Crippen LogP contribution in [0.15, 0.2) is 0 Å². The first-order valence-electron chi connectivity index (χ1n) is 5.95. The van der Waals surface area contributed by atoms with Crippen molar-refractivity contribution in [3.63, 3.8) is 0 Å². The summed E-state index contributed by atoms with van der Waals surface area (Å²) in [4.78, 5) is 13.5. The van der Waals surface area contributed by atoms with Crippen LogP contribution in [-0.4, -0.2) is 34.6 Å². The van der Waals surface area contributed by atoms with E-state index in [1.165, 1.54) is 0 Å². The molecule has 0 bridgehead atoms. The normalized spacial score (nSPS) is 21.9. The van der Waals surface area contributed by atoms with Gasteiger partial charge in [-0.15, -0.1) is 0 Å². The Bertz CT molecular complexity index is 222. The number of likely N-dealkylation sites (tertiary alicyclic amines) is 1. The third-order valence-corrected chi connectivity index (χ3v) is 3.47. The summed E-state index contributed by atoms with van der Waals surface area (Å²) in [5, 5.41) is 9.36. The third kappa shape index (κ3) is 2.94. The monoisotopic (exact) mass is 213 g/mol. The molecule has 0 aromatic carbocycles. The van der Waals surface area contributed by atoms with Gasteiger partial charge in [-0.2, -0.15) is 0 Å². The Hall–Kier alpha value is -0.570. The Kier molecular flexibility index (Phi) is 4.14. The van der Waals surface area contributed by atoms with Crippen LogP contribution in [0.25, 0.3) is 0 Å². The average Bonchev–Trinajstić information content (AvgIpc) is 2.66. The number of hydrogen-bond acceptors (Lipinski definition) is 2.